The van der Waals surface area contributed by atoms with Gasteiger partial charge in [-0.25, -0.2) is 9.97 Å². The molecule has 1 aromatic rings. The minimum absolute atomic E-state index is 0.341. The Morgan fingerprint density at radius 1 is 1.22 bits per heavy atom. The molecule has 0 spiro atoms. The number of rotatable bonds is 6. The molecule has 1 heterocycles. The lowest BCUT2D eigenvalue weighted by Crippen LogP contribution is -2.19. The van der Waals surface area contributed by atoms with Gasteiger partial charge in [0.15, 0.2) is 0 Å². The van der Waals surface area contributed by atoms with Crippen molar-refractivity contribution in [3.8, 4) is 0 Å². The maximum absolute atomic E-state index is 4.55. The summed E-state index contributed by atoms with van der Waals surface area (Å²) in [4.78, 5) is 8.94. The van der Waals surface area contributed by atoms with Crippen LogP contribution in [0.25, 0.3) is 0 Å². The molecule has 0 radical (unpaired) electrons. The zero-order valence-electron chi connectivity index (χ0n) is 12.0. The van der Waals surface area contributed by atoms with Gasteiger partial charge in [0.25, 0.3) is 0 Å². The summed E-state index contributed by atoms with van der Waals surface area (Å²) >= 11 is 3.44. The molecule has 0 aromatic carbocycles. The Morgan fingerprint density at radius 2 is 1.89 bits per heavy atom. The fraction of sp³-hybridized carbons (Fsp3) is 0.714. The zero-order valence-corrected chi connectivity index (χ0v) is 13.6. The maximum atomic E-state index is 4.55. The van der Waals surface area contributed by atoms with E-state index in [9.17, 15) is 0 Å². The average Bonchev–Trinajstić information content (AvgIpc) is 2.27. The Balaban J connectivity index is 2.72. The molecule has 3 nitrogen and oxygen atoms in total. The lowest BCUT2D eigenvalue weighted by Gasteiger charge is -2.18. The lowest BCUT2D eigenvalue weighted by molar-refractivity contribution is 0.483. The number of hydrogen-bond acceptors (Lipinski definition) is 3. The van der Waals surface area contributed by atoms with E-state index in [1.165, 1.54) is 6.42 Å². The summed E-state index contributed by atoms with van der Waals surface area (Å²) in [6, 6.07) is 2.38. The van der Waals surface area contributed by atoms with E-state index < -0.39 is 0 Å². The lowest BCUT2D eigenvalue weighted by atomic mass is 10.0. The predicted octanol–water partition coefficient (Wildman–Crippen LogP) is 4.60. The summed E-state index contributed by atoms with van der Waals surface area (Å²) in [5.74, 6) is 2.87. The van der Waals surface area contributed by atoms with E-state index in [-0.39, 0.29) is 0 Å². The Kier molecular flexibility index (Phi) is 6.06. The van der Waals surface area contributed by atoms with E-state index in [1.54, 1.807) is 0 Å². The van der Waals surface area contributed by atoms with Crippen LogP contribution >= 0.6 is 15.9 Å². The third-order valence-electron chi connectivity index (χ3n) is 3.08. The summed E-state index contributed by atoms with van der Waals surface area (Å²) in [5, 5.41) is 3.46. The molecule has 1 rings (SSSR count). The molecule has 4 heteroatoms. The van der Waals surface area contributed by atoms with Gasteiger partial charge >= 0.3 is 0 Å². The molecule has 0 bridgehead atoms. The first-order valence-electron chi connectivity index (χ1n) is 6.73. The summed E-state index contributed by atoms with van der Waals surface area (Å²) in [5.41, 5.74) is 0. The van der Waals surface area contributed by atoms with Crippen LogP contribution in [0.15, 0.2) is 10.7 Å². The summed E-state index contributed by atoms with van der Waals surface area (Å²) in [6.07, 6.45) is 2.38. The Hall–Kier alpha value is -0.640. The monoisotopic (exact) mass is 313 g/mol. The number of nitrogens with zero attached hydrogens (tertiary/aromatic N) is 2. The summed E-state index contributed by atoms with van der Waals surface area (Å²) < 4.78 is 0.847. The highest BCUT2D eigenvalue weighted by atomic mass is 79.9. The first-order valence-corrected chi connectivity index (χ1v) is 7.52. The van der Waals surface area contributed by atoms with Crippen LogP contribution in [0.1, 0.15) is 59.2 Å². The highest BCUT2D eigenvalue weighted by Crippen LogP contribution is 2.19. The van der Waals surface area contributed by atoms with Gasteiger partial charge in [0.2, 0.25) is 0 Å². The smallest absolute Gasteiger partial charge is 0.134 e. The molecule has 2 atom stereocenters. The van der Waals surface area contributed by atoms with E-state index in [0.29, 0.717) is 12.0 Å². The maximum Gasteiger partial charge on any atom is 0.134 e. The zero-order chi connectivity index (χ0) is 13.7. The first-order chi connectivity index (χ1) is 8.42. The van der Waals surface area contributed by atoms with Crippen LogP contribution in [-0.4, -0.2) is 16.0 Å². The molecule has 0 saturated carbocycles. The van der Waals surface area contributed by atoms with E-state index in [0.717, 1.165) is 28.6 Å². The topological polar surface area (TPSA) is 37.8 Å². The number of halogens is 1. The third kappa shape index (κ3) is 4.92. The molecule has 18 heavy (non-hydrogen) atoms. The standard InChI is InChI=1S/C14H24BrN3/c1-6-10(4)7-11(5)16-13-8-12(15)17-14(18-13)9(2)3/h8-11H,6-7H2,1-5H3,(H,16,17,18). The molecule has 1 N–H and O–H groups in total. The Morgan fingerprint density at radius 3 is 2.44 bits per heavy atom. The van der Waals surface area contributed by atoms with Crippen molar-refractivity contribution in [2.75, 3.05) is 5.32 Å². The van der Waals surface area contributed by atoms with Crippen molar-refractivity contribution in [1.82, 2.24) is 9.97 Å². The van der Waals surface area contributed by atoms with Crippen molar-refractivity contribution in [2.24, 2.45) is 5.92 Å². The number of nitrogens with one attached hydrogen (secondary N) is 1. The van der Waals surface area contributed by atoms with Crippen molar-refractivity contribution in [3.63, 3.8) is 0 Å². The van der Waals surface area contributed by atoms with E-state index >= 15 is 0 Å². The quantitative estimate of drug-likeness (QED) is 0.780. The molecule has 0 aliphatic rings. The number of anilines is 1. The molecule has 0 fully saturated rings. The van der Waals surface area contributed by atoms with E-state index in [4.69, 9.17) is 0 Å². The van der Waals surface area contributed by atoms with Gasteiger partial charge in [0.05, 0.1) is 0 Å². The van der Waals surface area contributed by atoms with Crippen LogP contribution in [0.5, 0.6) is 0 Å². The highest BCUT2D eigenvalue weighted by Gasteiger charge is 2.10. The summed E-state index contributed by atoms with van der Waals surface area (Å²) in [6.45, 7) is 10.9. The highest BCUT2D eigenvalue weighted by molar-refractivity contribution is 9.10. The van der Waals surface area contributed by atoms with Gasteiger partial charge in [0.1, 0.15) is 16.2 Å². The van der Waals surface area contributed by atoms with Gasteiger partial charge in [-0.1, -0.05) is 34.1 Å². The van der Waals surface area contributed by atoms with Crippen molar-refractivity contribution in [1.29, 1.82) is 0 Å². The van der Waals surface area contributed by atoms with Crippen LogP contribution in [-0.2, 0) is 0 Å². The van der Waals surface area contributed by atoms with Crippen LogP contribution in [0, 0.1) is 5.92 Å². The first kappa shape index (κ1) is 15.4. The van der Waals surface area contributed by atoms with Gasteiger partial charge in [-0.05, 0) is 35.2 Å². The average molecular weight is 314 g/mol. The second-order valence-corrected chi connectivity index (χ2v) is 6.20. The van der Waals surface area contributed by atoms with Crippen molar-refractivity contribution in [3.05, 3.63) is 16.5 Å². The predicted molar refractivity (Wildman–Crippen MR) is 81.0 cm³/mol. The van der Waals surface area contributed by atoms with Crippen LogP contribution in [0.2, 0.25) is 0 Å². The van der Waals surface area contributed by atoms with Crippen molar-refractivity contribution >= 4 is 21.7 Å². The van der Waals surface area contributed by atoms with Gasteiger partial charge in [-0.3, -0.25) is 0 Å². The fourth-order valence-corrected chi connectivity index (χ4v) is 2.25. The molecular formula is C14H24BrN3. The summed E-state index contributed by atoms with van der Waals surface area (Å²) in [7, 11) is 0. The van der Waals surface area contributed by atoms with Gasteiger partial charge in [-0.15, -0.1) is 0 Å². The second kappa shape index (κ2) is 7.07. The largest absolute Gasteiger partial charge is 0.367 e. The second-order valence-electron chi connectivity index (χ2n) is 5.38. The minimum atomic E-state index is 0.341. The van der Waals surface area contributed by atoms with Gasteiger partial charge < -0.3 is 5.32 Å². The van der Waals surface area contributed by atoms with Crippen LogP contribution in [0.3, 0.4) is 0 Å². The Bertz CT molecular complexity index is 379. The third-order valence-corrected chi connectivity index (χ3v) is 3.48. The van der Waals surface area contributed by atoms with Crippen LogP contribution in [0.4, 0.5) is 5.82 Å². The molecule has 0 saturated heterocycles. The van der Waals surface area contributed by atoms with E-state index in [1.807, 2.05) is 6.07 Å². The fourth-order valence-electron chi connectivity index (χ4n) is 1.85. The normalized spacial score (nSPS) is 14.6. The molecule has 0 aliphatic heterocycles. The molecule has 0 aliphatic carbocycles. The molecule has 102 valence electrons. The number of aromatic nitrogens is 2. The molecular weight excluding hydrogens is 290 g/mol. The van der Waals surface area contributed by atoms with E-state index in [2.05, 4.69) is 65.8 Å². The van der Waals surface area contributed by atoms with Crippen molar-refractivity contribution in [2.45, 2.75) is 59.4 Å². The minimum Gasteiger partial charge on any atom is -0.367 e. The molecule has 0 amide bonds. The van der Waals surface area contributed by atoms with Gasteiger partial charge in [-0.2, -0.15) is 0 Å². The Labute approximate surface area is 119 Å². The SMILES string of the molecule is CCC(C)CC(C)Nc1cc(Br)nc(C(C)C)n1. The molecule has 1 aromatic heterocycles. The van der Waals surface area contributed by atoms with Gasteiger partial charge in [0, 0.05) is 18.0 Å². The molecule has 2 unspecified atom stereocenters. The van der Waals surface area contributed by atoms with Crippen LogP contribution < -0.4 is 5.32 Å². The number of hydrogen-bond donors (Lipinski definition) is 1. The van der Waals surface area contributed by atoms with Crippen molar-refractivity contribution < 1.29 is 0 Å².